The Morgan fingerprint density at radius 1 is 0.964 bits per heavy atom. The van der Waals surface area contributed by atoms with E-state index in [0.717, 1.165) is 36.1 Å². The number of benzene rings is 2. The summed E-state index contributed by atoms with van der Waals surface area (Å²) in [7, 11) is 0. The maximum absolute atomic E-state index is 13.9. The van der Waals surface area contributed by atoms with E-state index in [1.807, 2.05) is 19.1 Å². The van der Waals surface area contributed by atoms with Gasteiger partial charge in [-0.05, 0) is 80.3 Å². The third-order valence-electron chi connectivity index (χ3n) is 5.60. The van der Waals surface area contributed by atoms with E-state index in [-0.39, 0.29) is 5.56 Å². The molecular weight excluding hydrogens is 354 g/mol. The minimum atomic E-state index is -0.887. The largest absolute Gasteiger partial charge is 0.494 e. The fourth-order valence-corrected chi connectivity index (χ4v) is 4.15. The van der Waals surface area contributed by atoms with Crippen molar-refractivity contribution >= 4 is 0 Å². The van der Waals surface area contributed by atoms with Crippen molar-refractivity contribution in [2.45, 2.75) is 58.3 Å². The van der Waals surface area contributed by atoms with Crippen LogP contribution in [0.3, 0.4) is 0 Å². The lowest BCUT2D eigenvalue weighted by Gasteiger charge is -2.29. The molecule has 0 aromatic heterocycles. The van der Waals surface area contributed by atoms with Crippen molar-refractivity contribution in [3.63, 3.8) is 0 Å². The third kappa shape index (κ3) is 4.93. The van der Waals surface area contributed by atoms with E-state index in [2.05, 4.69) is 24.8 Å². The fourth-order valence-electron chi connectivity index (χ4n) is 4.15. The van der Waals surface area contributed by atoms with Crippen LogP contribution < -0.4 is 4.74 Å². The smallest absolute Gasteiger partial charge is 0.174 e. The monoisotopic (exact) mass is 382 g/mol. The van der Waals surface area contributed by atoms with Crippen molar-refractivity contribution in [3.8, 4) is 17.6 Å². The second-order valence-electron chi connectivity index (χ2n) is 7.54. The van der Waals surface area contributed by atoms with Crippen molar-refractivity contribution in [1.82, 2.24) is 0 Å². The van der Waals surface area contributed by atoms with Gasteiger partial charge in [0.1, 0.15) is 5.75 Å². The van der Waals surface area contributed by atoms with E-state index in [9.17, 15) is 8.78 Å². The molecule has 148 valence electrons. The van der Waals surface area contributed by atoms with Gasteiger partial charge in [-0.3, -0.25) is 0 Å². The van der Waals surface area contributed by atoms with E-state index in [0.29, 0.717) is 12.5 Å². The average Bonchev–Trinajstić information content (AvgIpc) is 2.71. The molecule has 0 saturated heterocycles. The molecule has 0 aliphatic heterocycles. The number of halogens is 2. The summed E-state index contributed by atoms with van der Waals surface area (Å²) >= 11 is 0. The van der Waals surface area contributed by atoms with Gasteiger partial charge in [0.05, 0.1) is 12.2 Å². The summed E-state index contributed by atoms with van der Waals surface area (Å²) in [5, 5.41) is 0. The molecule has 0 unspecified atom stereocenters. The Labute approximate surface area is 167 Å². The first-order valence-electron chi connectivity index (χ1n) is 10.3. The average molecular weight is 382 g/mol. The summed E-state index contributed by atoms with van der Waals surface area (Å²) in [5.41, 5.74) is 2.14. The molecule has 28 heavy (non-hydrogen) atoms. The van der Waals surface area contributed by atoms with Gasteiger partial charge in [-0.25, -0.2) is 8.78 Å². The van der Waals surface area contributed by atoms with Gasteiger partial charge >= 0.3 is 0 Å². The van der Waals surface area contributed by atoms with Crippen molar-refractivity contribution in [2.75, 3.05) is 6.61 Å². The number of ether oxygens (including phenoxy) is 1. The molecule has 0 spiro atoms. The van der Waals surface area contributed by atoms with Gasteiger partial charge in [0.2, 0.25) is 0 Å². The minimum Gasteiger partial charge on any atom is -0.494 e. The Balaban J connectivity index is 1.89. The predicted octanol–water partition coefficient (Wildman–Crippen LogP) is 6.84. The van der Waals surface area contributed by atoms with E-state index < -0.39 is 11.6 Å². The summed E-state index contributed by atoms with van der Waals surface area (Å²) in [6, 6.07) is 10.0. The van der Waals surface area contributed by atoms with Crippen LogP contribution in [-0.4, -0.2) is 6.61 Å². The molecule has 1 saturated carbocycles. The van der Waals surface area contributed by atoms with Gasteiger partial charge < -0.3 is 4.74 Å². The second kappa shape index (κ2) is 9.73. The van der Waals surface area contributed by atoms with Crippen LogP contribution in [0.1, 0.15) is 75.0 Å². The molecular formula is C25H28F2O. The highest BCUT2D eigenvalue weighted by atomic mass is 19.2. The summed E-state index contributed by atoms with van der Waals surface area (Å²) in [6.45, 7) is 4.83. The number of hydrogen-bond acceptors (Lipinski definition) is 1. The molecule has 0 bridgehead atoms. The Kier molecular flexibility index (Phi) is 7.09. The van der Waals surface area contributed by atoms with Gasteiger partial charge in [0.25, 0.3) is 0 Å². The highest BCUT2D eigenvalue weighted by Crippen LogP contribution is 2.39. The van der Waals surface area contributed by atoms with Crippen LogP contribution in [0.2, 0.25) is 0 Å². The normalized spacial score (nSPS) is 19.0. The quantitative estimate of drug-likeness (QED) is 0.515. The Morgan fingerprint density at radius 2 is 1.71 bits per heavy atom. The van der Waals surface area contributed by atoms with Gasteiger partial charge in [-0.2, -0.15) is 0 Å². The van der Waals surface area contributed by atoms with E-state index >= 15 is 0 Å². The van der Waals surface area contributed by atoms with Crippen LogP contribution in [0.4, 0.5) is 8.78 Å². The fraction of sp³-hybridized carbons (Fsp3) is 0.440. The van der Waals surface area contributed by atoms with Gasteiger partial charge in [0, 0.05) is 5.56 Å². The lowest BCUT2D eigenvalue weighted by Crippen LogP contribution is -2.14. The predicted molar refractivity (Wildman–Crippen MR) is 110 cm³/mol. The molecule has 2 aromatic carbocycles. The minimum absolute atomic E-state index is 0.0893. The highest BCUT2D eigenvalue weighted by Gasteiger charge is 2.23. The van der Waals surface area contributed by atoms with Crippen molar-refractivity contribution in [2.24, 2.45) is 5.92 Å². The first-order chi connectivity index (χ1) is 13.6. The zero-order valence-electron chi connectivity index (χ0n) is 16.7. The molecule has 1 aliphatic rings. The zero-order valence-corrected chi connectivity index (χ0v) is 16.7. The van der Waals surface area contributed by atoms with Gasteiger partial charge in [-0.15, -0.1) is 0 Å². The maximum atomic E-state index is 13.9. The third-order valence-corrected chi connectivity index (χ3v) is 5.60. The van der Waals surface area contributed by atoms with E-state index in [4.69, 9.17) is 4.74 Å². The highest BCUT2D eigenvalue weighted by molar-refractivity contribution is 5.50. The molecule has 3 rings (SSSR count). The first kappa shape index (κ1) is 20.4. The standard InChI is InChI=1S/C25H28F2O/c1-3-6-18-9-11-19(12-10-18)23-17-22(28-4-2)16-15-20(23)13-14-21-7-5-8-24(26)25(21)27/h5,7-8,15-19H,3-4,6,9-12H2,1-2H3. The van der Waals surface area contributed by atoms with Crippen LogP contribution in [0.5, 0.6) is 5.75 Å². The molecule has 0 N–H and O–H groups in total. The molecule has 0 atom stereocenters. The maximum Gasteiger partial charge on any atom is 0.174 e. The molecule has 0 radical (unpaired) electrons. The van der Waals surface area contributed by atoms with E-state index in [1.165, 1.54) is 43.4 Å². The van der Waals surface area contributed by atoms with Crippen molar-refractivity contribution < 1.29 is 13.5 Å². The van der Waals surface area contributed by atoms with Gasteiger partial charge in [0.15, 0.2) is 11.6 Å². The second-order valence-corrected chi connectivity index (χ2v) is 7.54. The SMILES string of the molecule is CCCC1CCC(c2cc(OCC)ccc2C#Cc2cccc(F)c2F)CC1. The summed E-state index contributed by atoms with van der Waals surface area (Å²) < 4.78 is 33.1. The molecule has 2 aromatic rings. The lowest BCUT2D eigenvalue weighted by atomic mass is 9.76. The lowest BCUT2D eigenvalue weighted by molar-refractivity contribution is 0.306. The zero-order chi connectivity index (χ0) is 19.9. The first-order valence-corrected chi connectivity index (χ1v) is 10.3. The molecule has 0 heterocycles. The number of hydrogen-bond donors (Lipinski definition) is 0. The summed E-state index contributed by atoms with van der Waals surface area (Å²) in [5.74, 6) is 6.27. The van der Waals surface area contributed by atoms with Gasteiger partial charge in [-0.1, -0.05) is 37.7 Å². The van der Waals surface area contributed by atoms with Crippen LogP contribution in [-0.2, 0) is 0 Å². The van der Waals surface area contributed by atoms with Crippen LogP contribution in [0.25, 0.3) is 0 Å². The van der Waals surface area contributed by atoms with Crippen LogP contribution in [0.15, 0.2) is 36.4 Å². The van der Waals surface area contributed by atoms with Crippen molar-refractivity contribution in [3.05, 3.63) is 64.7 Å². The molecule has 1 nitrogen and oxygen atoms in total. The number of rotatable bonds is 5. The topological polar surface area (TPSA) is 9.23 Å². The Hall–Kier alpha value is -2.34. The molecule has 1 fully saturated rings. The van der Waals surface area contributed by atoms with Crippen LogP contribution >= 0.6 is 0 Å². The summed E-state index contributed by atoms with van der Waals surface area (Å²) in [4.78, 5) is 0. The molecule has 1 aliphatic carbocycles. The molecule has 3 heteroatoms. The Morgan fingerprint density at radius 3 is 2.43 bits per heavy atom. The van der Waals surface area contributed by atoms with E-state index in [1.54, 1.807) is 0 Å². The summed E-state index contributed by atoms with van der Waals surface area (Å²) in [6.07, 6.45) is 7.31. The Bertz CT molecular complexity index is 855. The molecule has 0 amide bonds. The van der Waals surface area contributed by atoms with Crippen LogP contribution in [0, 0.1) is 29.4 Å². The van der Waals surface area contributed by atoms with Crippen molar-refractivity contribution in [1.29, 1.82) is 0 Å².